The summed E-state index contributed by atoms with van der Waals surface area (Å²) in [5.74, 6) is -0.161. The van der Waals surface area contributed by atoms with Gasteiger partial charge in [0.2, 0.25) is 0 Å². The molecule has 3 aromatic rings. The van der Waals surface area contributed by atoms with Crippen LogP contribution in [0.2, 0.25) is 4.34 Å². The predicted molar refractivity (Wildman–Crippen MR) is 73.4 cm³/mol. The van der Waals surface area contributed by atoms with Gasteiger partial charge in [-0.05, 0) is 30.3 Å². The highest BCUT2D eigenvalue weighted by Crippen LogP contribution is 2.23. The van der Waals surface area contributed by atoms with E-state index in [1.807, 2.05) is 18.2 Å². The Hall–Kier alpha value is -1.85. The number of carbonyl (C=O) groups excluding carboxylic acids is 1. The number of thiophene rings is 1. The van der Waals surface area contributed by atoms with E-state index in [2.05, 4.69) is 15.5 Å². The minimum atomic E-state index is -0.161. The molecular weight excluding hydrogens is 270 g/mol. The molecule has 2 aromatic heterocycles. The SMILES string of the molecule is O=C(Nc1ccc2cn[nH]c2c1)c1ccc(Cl)s1. The third-order valence-electron chi connectivity index (χ3n) is 2.50. The van der Waals surface area contributed by atoms with Gasteiger partial charge in [0, 0.05) is 11.1 Å². The Bertz CT molecular complexity index is 719. The second-order valence-electron chi connectivity index (χ2n) is 3.73. The summed E-state index contributed by atoms with van der Waals surface area (Å²) in [6, 6.07) is 8.99. The molecule has 0 saturated carbocycles. The Morgan fingerprint density at radius 1 is 1.33 bits per heavy atom. The van der Waals surface area contributed by atoms with Crippen LogP contribution >= 0.6 is 22.9 Å². The number of hydrogen-bond donors (Lipinski definition) is 2. The number of anilines is 1. The molecule has 0 aliphatic rings. The molecule has 90 valence electrons. The number of nitrogens with one attached hydrogen (secondary N) is 2. The van der Waals surface area contributed by atoms with Crippen LogP contribution < -0.4 is 5.32 Å². The maximum absolute atomic E-state index is 11.9. The van der Waals surface area contributed by atoms with Crippen molar-refractivity contribution >= 4 is 45.4 Å². The molecule has 0 fully saturated rings. The monoisotopic (exact) mass is 277 g/mol. The van der Waals surface area contributed by atoms with Gasteiger partial charge in [0.05, 0.1) is 20.9 Å². The van der Waals surface area contributed by atoms with Crippen molar-refractivity contribution in [2.75, 3.05) is 5.32 Å². The highest BCUT2D eigenvalue weighted by atomic mass is 35.5. The number of nitrogens with zero attached hydrogens (tertiary/aromatic N) is 1. The van der Waals surface area contributed by atoms with Gasteiger partial charge in [-0.3, -0.25) is 9.89 Å². The summed E-state index contributed by atoms with van der Waals surface area (Å²) in [6.07, 6.45) is 1.74. The molecule has 0 aliphatic heterocycles. The van der Waals surface area contributed by atoms with Gasteiger partial charge in [0.1, 0.15) is 0 Å². The van der Waals surface area contributed by atoms with Crippen LogP contribution in [0.5, 0.6) is 0 Å². The van der Waals surface area contributed by atoms with Crippen LogP contribution in [0.4, 0.5) is 5.69 Å². The fourth-order valence-electron chi connectivity index (χ4n) is 1.64. The number of H-pyrrole nitrogens is 1. The Labute approximate surface area is 112 Å². The van der Waals surface area contributed by atoms with Crippen molar-refractivity contribution in [3.8, 4) is 0 Å². The fourth-order valence-corrected chi connectivity index (χ4v) is 2.58. The Morgan fingerprint density at radius 3 is 3.00 bits per heavy atom. The molecule has 1 amide bonds. The van der Waals surface area contributed by atoms with Crippen LogP contribution in [0, 0.1) is 0 Å². The van der Waals surface area contributed by atoms with E-state index in [1.54, 1.807) is 18.3 Å². The molecular formula is C12H8ClN3OS. The summed E-state index contributed by atoms with van der Waals surface area (Å²) in [5, 5.41) is 10.6. The molecule has 2 N–H and O–H groups in total. The summed E-state index contributed by atoms with van der Waals surface area (Å²) in [5.41, 5.74) is 1.61. The largest absolute Gasteiger partial charge is 0.321 e. The zero-order chi connectivity index (χ0) is 12.5. The van der Waals surface area contributed by atoms with Crippen molar-refractivity contribution in [1.29, 1.82) is 0 Å². The van der Waals surface area contributed by atoms with E-state index < -0.39 is 0 Å². The zero-order valence-electron chi connectivity index (χ0n) is 9.11. The second-order valence-corrected chi connectivity index (χ2v) is 5.44. The Morgan fingerprint density at radius 2 is 2.22 bits per heavy atom. The summed E-state index contributed by atoms with van der Waals surface area (Å²) >= 11 is 7.05. The lowest BCUT2D eigenvalue weighted by atomic mass is 10.2. The first kappa shape index (κ1) is 11.3. The van der Waals surface area contributed by atoms with Crippen molar-refractivity contribution in [2.24, 2.45) is 0 Å². The lowest BCUT2D eigenvalue weighted by Crippen LogP contribution is -2.09. The van der Waals surface area contributed by atoms with Crippen LogP contribution in [0.15, 0.2) is 36.5 Å². The fraction of sp³-hybridized carbons (Fsp3) is 0. The lowest BCUT2D eigenvalue weighted by molar-refractivity contribution is 0.103. The van der Waals surface area contributed by atoms with Crippen molar-refractivity contribution in [3.05, 3.63) is 45.7 Å². The van der Waals surface area contributed by atoms with Crippen LogP contribution in [0.3, 0.4) is 0 Å². The molecule has 0 radical (unpaired) electrons. The summed E-state index contributed by atoms with van der Waals surface area (Å²) in [4.78, 5) is 12.5. The maximum atomic E-state index is 11.9. The van der Waals surface area contributed by atoms with Gasteiger partial charge in [-0.15, -0.1) is 11.3 Å². The molecule has 4 nitrogen and oxygen atoms in total. The zero-order valence-corrected chi connectivity index (χ0v) is 10.7. The number of fused-ring (bicyclic) bond motifs is 1. The number of carbonyl (C=O) groups is 1. The Kier molecular flexibility index (Phi) is 2.77. The normalized spacial score (nSPS) is 10.7. The predicted octanol–water partition coefficient (Wildman–Crippen LogP) is 3.53. The minimum absolute atomic E-state index is 0.161. The Balaban J connectivity index is 1.85. The standard InChI is InChI=1S/C12H8ClN3OS/c13-11-4-3-10(18-11)12(17)15-8-2-1-7-6-14-16-9(7)5-8/h1-6H,(H,14,16)(H,15,17). The molecule has 0 atom stereocenters. The topological polar surface area (TPSA) is 57.8 Å². The highest BCUT2D eigenvalue weighted by Gasteiger charge is 2.09. The van der Waals surface area contributed by atoms with E-state index >= 15 is 0 Å². The van der Waals surface area contributed by atoms with E-state index in [0.29, 0.717) is 9.21 Å². The van der Waals surface area contributed by atoms with Crippen LogP contribution in [0.25, 0.3) is 10.9 Å². The van der Waals surface area contributed by atoms with Crippen molar-refractivity contribution in [1.82, 2.24) is 10.2 Å². The summed E-state index contributed by atoms with van der Waals surface area (Å²) in [6.45, 7) is 0. The molecule has 2 heterocycles. The molecule has 6 heteroatoms. The smallest absolute Gasteiger partial charge is 0.265 e. The van der Waals surface area contributed by atoms with Crippen molar-refractivity contribution < 1.29 is 4.79 Å². The van der Waals surface area contributed by atoms with E-state index in [-0.39, 0.29) is 5.91 Å². The van der Waals surface area contributed by atoms with E-state index in [1.165, 1.54) is 11.3 Å². The minimum Gasteiger partial charge on any atom is -0.321 e. The van der Waals surface area contributed by atoms with E-state index in [0.717, 1.165) is 16.6 Å². The first-order valence-corrected chi connectivity index (χ1v) is 6.42. The first-order chi connectivity index (χ1) is 8.72. The van der Waals surface area contributed by atoms with Crippen LogP contribution in [0.1, 0.15) is 9.67 Å². The van der Waals surface area contributed by atoms with Gasteiger partial charge in [-0.2, -0.15) is 5.10 Å². The van der Waals surface area contributed by atoms with Gasteiger partial charge in [0.25, 0.3) is 5.91 Å². The number of halogens is 1. The molecule has 0 bridgehead atoms. The van der Waals surface area contributed by atoms with Gasteiger partial charge in [-0.1, -0.05) is 11.6 Å². The summed E-state index contributed by atoms with van der Waals surface area (Å²) < 4.78 is 0.601. The molecule has 0 unspecified atom stereocenters. The third-order valence-corrected chi connectivity index (χ3v) is 3.73. The average molecular weight is 278 g/mol. The van der Waals surface area contributed by atoms with Gasteiger partial charge >= 0.3 is 0 Å². The number of benzene rings is 1. The van der Waals surface area contributed by atoms with Crippen molar-refractivity contribution in [2.45, 2.75) is 0 Å². The van der Waals surface area contributed by atoms with Crippen molar-refractivity contribution in [3.63, 3.8) is 0 Å². The van der Waals surface area contributed by atoms with Gasteiger partial charge in [-0.25, -0.2) is 0 Å². The molecule has 3 rings (SSSR count). The van der Waals surface area contributed by atoms with E-state index in [9.17, 15) is 4.79 Å². The molecule has 0 saturated heterocycles. The van der Waals surface area contributed by atoms with Crippen LogP contribution in [-0.4, -0.2) is 16.1 Å². The molecule has 1 aromatic carbocycles. The van der Waals surface area contributed by atoms with Crippen LogP contribution in [-0.2, 0) is 0 Å². The molecule has 0 aliphatic carbocycles. The summed E-state index contributed by atoms with van der Waals surface area (Å²) in [7, 11) is 0. The number of hydrogen-bond acceptors (Lipinski definition) is 3. The maximum Gasteiger partial charge on any atom is 0.265 e. The van der Waals surface area contributed by atoms with E-state index in [4.69, 9.17) is 11.6 Å². The average Bonchev–Trinajstić information content (AvgIpc) is 2.96. The third kappa shape index (κ3) is 2.10. The van der Waals surface area contributed by atoms with Gasteiger partial charge < -0.3 is 5.32 Å². The number of rotatable bonds is 2. The molecule has 0 spiro atoms. The molecule has 18 heavy (non-hydrogen) atoms. The number of aromatic nitrogens is 2. The highest BCUT2D eigenvalue weighted by molar-refractivity contribution is 7.18. The van der Waals surface area contributed by atoms with Gasteiger partial charge in [0.15, 0.2) is 0 Å². The quantitative estimate of drug-likeness (QED) is 0.753. The first-order valence-electron chi connectivity index (χ1n) is 5.22. The number of amides is 1. The second kappa shape index (κ2) is 4.44. The lowest BCUT2D eigenvalue weighted by Gasteiger charge is -2.03. The number of aromatic amines is 1.